The molecule has 0 atom stereocenters. The number of benzene rings is 2. The van der Waals surface area contributed by atoms with E-state index in [1.807, 2.05) is 31.2 Å². The first-order valence-electron chi connectivity index (χ1n) is 6.46. The highest BCUT2D eigenvalue weighted by atomic mass is 79.9. The van der Waals surface area contributed by atoms with Crippen molar-refractivity contribution in [3.05, 3.63) is 63.6 Å². The Balaban J connectivity index is 2.19. The summed E-state index contributed by atoms with van der Waals surface area (Å²) in [7, 11) is -3.56. The maximum absolute atomic E-state index is 12.3. The molecule has 2 rings (SSSR count). The normalized spacial score (nSPS) is 11.6. The van der Waals surface area contributed by atoms with E-state index in [1.54, 1.807) is 18.2 Å². The van der Waals surface area contributed by atoms with Gasteiger partial charge >= 0.3 is 0 Å². The third-order valence-electron chi connectivity index (χ3n) is 3.07. The number of nitrogens with one attached hydrogen (secondary N) is 1. The fraction of sp³-hybridized carbons (Fsp3) is 0.200. The molecular weight excluding hydrogens is 352 g/mol. The van der Waals surface area contributed by atoms with Gasteiger partial charge in [0.25, 0.3) is 0 Å². The van der Waals surface area contributed by atoms with E-state index >= 15 is 0 Å². The number of halogens is 1. The van der Waals surface area contributed by atoms with Gasteiger partial charge in [0.1, 0.15) is 0 Å². The lowest BCUT2D eigenvalue weighted by Gasteiger charge is -2.10. The van der Waals surface area contributed by atoms with Crippen LogP contribution in [-0.4, -0.2) is 8.42 Å². The highest BCUT2D eigenvalue weighted by molar-refractivity contribution is 9.10. The molecule has 2 aromatic rings. The monoisotopic (exact) mass is 368 g/mol. The predicted molar refractivity (Wildman–Crippen MR) is 87.2 cm³/mol. The van der Waals surface area contributed by atoms with Gasteiger partial charge in [-0.1, -0.05) is 35.9 Å². The van der Waals surface area contributed by atoms with Gasteiger partial charge in [-0.3, -0.25) is 0 Å². The Hall–Kier alpha value is -1.21. The average molecular weight is 369 g/mol. The average Bonchev–Trinajstić information content (AvgIpc) is 2.45. The van der Waals surface area contributed by atoms with Crippen LogP contribution in [0.5, 0.6) is 0 Å². The Kier molecular flexibility index (Phi) is 5.16. The molecule has 0 aromatic heterocycles. The zero-order valence-electron chi connectivity index (χ0n) is 11.6. The lowest BCUT2D eigenvalue weighted by molar-refractivity contribution is 0.580. The van der Waals surface area contributed by atoms with Crippen LogP contribution in [0.2, 0.25) is 0 Å². The molecular formula is C15H17BrN2O2S. The van der Waals surface area contributed by atoms with Crippen LogP contribution in [0.25, 0.3) is 0 Å². The number of hydrogen-bond donors (Lipinski definition) is 2. The van der Waals surface area contributed by atoms with Crippen LogP contribution in [0, 0.1) is 6.92 Å². The molecule has 0 aliphatic carbocycles. The van der Waals surface area contributed by atoms with Crippen molar-refractivity contribution in [2.75, 3.05) is 0 Å². The largest absolute Gasteiger partial charge is 0.326 e. The summed E-state index contributed by atoms with van der Waals surface area (Å²) >= 11 is 3.29. The third kappa shape index (κ3) is 4.14. The fourth-order valence-corrected chi connectivity index (χ4v) is 4.11. The molecule has 0 fully saturated rings. The summed E-state index contributed by atoms with van der Waals surface area (Å²) in [5, 5.41) is 0. The molecule has 21 heavy (non-hydrogen) atoms. The van der Waals surface area contributed by atoms with E-state index in [2.05, 4.69) is 20.7 Å². The first-order chi connectivity index (χ1) is 9.92. The second-order valence-electron chi connectivity index (χ2n) is 4.78. The SMILES string of the molecule is Cc1cccc(CNS(=O)(=O)c2ccc(CN)cc2Br)c1. The van der Waals surface area contributed by atoms with Gasteiger partial charge in [-0.05, 0) is 46.1 Å². The van der Waals surface area contributed by atoms with Crippen LogP contribution >= 0.6 is 15.9 Å². The van der Waals surface area contributed by atoms with Gasteiger partial charge in [0.15, 0.2) is 0 Å². The minimum absolute atomic E-state index is 0.215. The lowest BCUT2D eigenvalue weighted by Crippen LogP contribution is -2.23. The number of rotatable bonds is 5. The van der Waals surface area contributed by atoms with Gasteiger partial charge in [0.2, 0.25) is 10.0 Å². The number of aryl methyl sites for hydroxylation is 1. The van der Waals surface area contributed by atoms with Crippen molar-refractivity contribution in [2.45, 2.75) is 24.9 Å². The Morgan fingerprint density at radius 2 is 1.90 bits per heavy atom. The quantitative estimate of drug-likeness (QED) is 0.851. The second kappa shape index (κ2) is 6.70. The van der Waals surface area contributed by atoms with E-state index in [4.69, 9.17) is 5.73 Å². The van der Waals surface area contributed by atoms with Crippen molar-refractivity contribution in [3.8, 4) is 0 Å². The van der Waals surface area contributed by atoms with Crippen LogP contribution in [0.3, 0.4) is 0 Å². The smallest absolute Gasteiger partial charge is 0.241 e. The number of sulfonamides is 1. The summed E-state index contributed by atoms with van der Waals surface area (Å²) in [6, 6.07) is 12.7. The van der Waals surface area contributed by atoms with E-state index in [0.29, 0.717) is 11.0 Å². The lowest BCUT2D eigenvalue weighted by atomic mass is 10.1. The minimum Gasteiger partial charge on any atom is -0.326 e. The Labute approximate surface area is 133 Å². The van der Waals surface area contributed by atoms with E-state index in [1.165, 1.54) is 0 Å². The molecule has 0 saturated heterocycles. The van der Waals surface area contributed by atoms with Crippen LogP contribution < -0.4 is 10.5 Å². The maximum atomic E-state index is 12.3. The van der Waals surface area contributed by atoms with Crippen LogP contribution in [0.15, 0.2) is 51.8 Å². The van der Waals surface area contributed by atoms with Gasteiger partial charge in [-0.2, -0.15) is 0 Å². The molecule has 2 aromatic carbocycles. The molecule has 0 unspecified atom stereocenters. The summed E-state index contributed by atoms with van der Waals surface area (Å²) in [5.41, 5.74) is 8.44. The van der Waals surface area contributed by atoms with Crippen LogP contribution in [0.4, 0.5) is 0 Å². The Morgan fingerprint density at radius 3 is 2.52 bits per heavy atom. The first kappa shape index (κ1) is 16.2. The molecule has 0 saturated carbocycles. The van der Waals surface area contributed by atoms with Crippen molar-refractivity contribution in [1.82, 2.24) is 4.72 Å². The molecule has 0 heterocycles. The van der Waals surface area contributed by atoms with Crippen LogP contribution in [0.1, 0.15) is 16.7 Å². The molecule has 0 aliphatic rings. The number of nitrogens with two attached hydrogens (primary N) is 1. The Morgan fingerprint density at radius 1 is 1.14 bits per heavy atom. The van der Waals surface area contributed by atoms with Crippen molar-refractivity contribution < 1.29 is 8.42 Å². The van der Waals surface area contributed by atoms with E-state index in [0.717, 1.165) is 16.7 Å². The highest BCUT2D eigenvalue weighted by Crippen LogP contribution is 2.23. The summed E-state index contributed by atoms with van der Waals surface area (Å²) in [6.07, 6.45) is 0. The maximum Gasteiger partial charge on any atom is 0.241 e. The Bertz CT molecular complexity index is 745. The summed E-state index contributed by atoms with van der Waals surface area (Å²) in [5.74, 6) is 0. The first-order valence-corrected chi connectivity index (χ1v) is 8.74. The number of hydrogen-bond acceptors (Lipinski definition) is 3. The molecule has 0 radical (unpaired) electrons. The van der Waals surface area contributed by atoms with E-state index in [-0.39, 0.29) is 11.4 Å². The molecule has 3 N–H and O–H groups in total. The molecule has 0 aliphatic heterocycles. The van der Waals surface area contributed by atoms with Crippen molar-refractivity contribution in [1.29, 1.82) is 0 Å². The molecule has 0 spiro atoms. The highest BCUT2D eigenvalue weighted by Gasteiger charge is 2.17. The van der Waals surface area contributed by atoms with E-state index < -0.39 is 10.0 Å². The summed E-state index contributed by atoms with van der Waals surface area (Å²) in [6.45, 7) is 2.60. The van der Waals surface area contributed by atoms with Gasteiger partial charge in [-0.25, -0.2) is 13.1 Å². The summed E-state index contributed by atoms with van der Waals surface area (Å²) in [4.78, 5) is 0.215. The molecule has 4 nitrogen and oxygen atoms in total. The van der Waals surface area contributed by atoms with Crippen molar-refractivity contribution >= 4 is 26.0 Å². The van der Waals surface area contributed by atoms with E-state index in [9.17, 15) is 8.42 Å². The van der Waals surface area contributed by atoms with Crippen molar-refractivity contribution in [3.63, 3.8) is 0 Å². The molecule has 112 valence electrons. The third-order valence-corrected chi connectivity index (χ3v) is 5.45. The van der Waals surface area contributed by atoms with Gasteiger partial charge in [0.05, 0.1) is 4.90 Å². The summed E-state index contributed by atoms with van der Waals surface area (Å²) < 4.78 is 27.8. The second-order valence-corrected chi connectivity index (χ2v) is 7.37. The van der Waals surface area contributed by atoms with Gasteiger partial charge in [0, 0.05) is 17.6 Å². The zero-order chi connectivity index (χ0) is 15.5. The molecule has 0 bridgehead atoms. The topological polar surface area (TPSA) is 72.2 Å². The van der Waals surface area contributed by atoms with Crippen LogP contribution in [-0.2, 0) is 23.1 Å². The van der Waals surface area contributed by atoms with Gasteiger partial charge in [-0.15, -0.1) is 0 Å². The zero-order valence-corrected chi connectivity index (χ0v) is 14.0. The fourth-order valence-electron chi connectivity index (χ4n) is 1.97. The minimum atomic E-state index is -3.56. The predicted octanol–water partition coefficient (Wildman–Crippen LogP) is 2.69. The van der Waals surface area contributed by atoms with Crippen molar-refractivity contribution in [2.24, 2.45) is 5.73 Å². The van der Waals surface area contributed by atoms with Gasteiger partial charge < -0.3 is 5.73 Å². The standard InChI is InChI=1S/C15H17BrN2O2S/c1-11-3-2-4-13(7-11)10-18-21(19,20)15-6-5-12(9-17)8-14(15)16/h2-8,18H,9-10,17H2,1H3. The molecule has 0 amide bonds. The molecule has 6 heteroatoms.